The number of nitrogens with zero attached hydrogens (tertiary/aromatic N) is 4. The number of aryl methyl sites for hydroxylation is 2. The second kappa shape index (κ2) is 21.5. The minimum absolute atomic E-state index is 0.122. The number of nitrogens with one attached hydrogen (secondary N) is 4. The van der Waals surface area contributed by atoms with Crippen molar-refractivity contribution in [1.29, 1.82) is 0 Å². The molecule has 18 heteroatoms. The maximum absolute atomic E-state index is 13.4. The van der Waals surface area contributed by atoms with Crippen molar-refractivity contribution >= 4 is 116 Å². The van der Waals surface area contributed by atoms with E-state index in [1.54, 1.807) is 62.4 Å². The van der Waals surface area contributed by atoms with E-state index in [4.69, 9.17) is 46.4 Å². The quantitative estimate of drug-likeness (QED) is 0.0431. The molecule has 2 atom stereocenters. The van der Waals surface area contributed by atoms with E-state index in [1.165, 1.54) is 50.2 Å². The summed E-state index contributed by atoms with van der Waals surface area (Å²) in [5.41, 5.74) is 4.81. The third-order valence-electron chi connectivity index (χ3n) is 8.90. The van der Waals surface area contributed by atoms with Crippen molar-refractivity contribution in [3.63, 3.8) is 0 Å². The van der Waals surface area contributed by atoms with Gasteiger partial charge >= 0.3 is 0 Å². The summed E-state index contributed by atoms with van der Waals surface area (Å²) in [6.07, 6.45) is 0. The number of carbonyl (C=O) groups is 6. The molecule has 0 saturated carbocycles. The summed E-state index contributed by atoms with van der Waals surface area (Å²) in [4.78, 5) is 78.0. The van der Waals surface area contributed by atoms with Gasteiger partial charge in [0.2, 0.25) is 12.1 Å². The summed E-state index contributed by atoms with van der Waals surface area (Å²) in [5.74, 6) is -3.24. The van der Waals surface area contributed by atoms with Crippen LogP contribution in [0.2, 0.25) is 10.0 Å². The highest BCUT2D eigenvalue weighted by Crippen LogP contribution is 2.28. The molecule has 0 bridgehead atoms. The molecule has 62 heavy (non-hydrogen) atoms. The summed E-state index contributed by atoms with van der Waals surface area (Å²) < 4.78 is 0. The van der Waals surface area contributed by atoms with E-state index in [1.807, 2.05) is 12.1 Å². The molecule has 5 rings (SSSR count). The lowest BCUT2D eigenvalue weighted by atomic mass is 10.1. The molecule has 0 saturated heterocycles. The van der Waals surface area contributed by atoms with Crippen LogP contribution in [0.1, 0.15) is 56.8 Å². The van der Waals surface area contributed by atoms with Crippen LogP contribution in [0.5, 0.6) is 0 Å². The number of azo groups is 2. The molecular weight excluding hydrogens is 878 g/mol. The van der Waals surface area contributed by atoms with E-state index >= 15 is 0 Å². The molecule has 318 valence electrons. The van der Waals surface area contributed by atoms with Crippen molar-refractivity contribution in [3.8, 4) is 0 Å². The molecule has 2 unspecified atom stereocenters. The molecule has 5 aromatic rings. The Balaban J connectivity index is 1.26. The van der Waals surface area contributed by atoms with Gasteiger partial charge in [-0.05, 0) is 123 Å². The Bertz CT molecular complexity index is 2460. The van der Waals surface area contributed by atoms with Gasteiger partial charge in [0.05, 0.1) is 11.4 Å². The second-order valence-corrected chi connectivity index (χ2v) is 15.3. The zero-order valence-corrected chi connectivity index (χ0v) is 36.6. The Morgan fingerprint density at radius 3 is 1.27 bits per heavy atom. The monoisotopic (exact) mass is 914 g/mol. The Kier molecular flexibility index (Phi) is 16.2. The molecule has 0 aromatic heterocycles. The average Bonchev–Trinajstić information content (AvgIpc) is 3.22. The van der Waals surface area contributed by atoms with Crippen LogP contribution in [0.25, 0.3) is 0 Å². The van der Waals surface area contributed by atoms with Crippen LogP contribution in [-0.2, 0) is 30.9 Å². The van der Waals surface area contributed by atoms with Gasteiger partial charge in [-0.3, -0.25) is 28.8 Å². The number of alkyl halides is 2. The van der Waals surface area contributed by atoms with Gasteiger partial charge in [-0.25, -0.2) is 0 Å². The number of hydrogen-bond donors (Lipinski definition) is 4. The predicted molar refractivity (Wildman–Crippen MR) is 242 cm³/mol. The van der Waals surface area contributed by atoms with Crippen LogP contribution in [0.3, 0.4) is 0 Å². The minimum Gasteiger partial charge on any atom is -0.324 e. The fourth-order valence-electron chi connectivity index (χ4n) is 5.77. The van der Waals surface area contributed by atoms with Crippen molar-refractivity contribution in [1.82, 2.24) is 0 Å². The van der Waals surface area contributed by atoms with Crippen molar-refractivity contribution in [3.05, 3.63) is 140 Å². The van der Waals surface area contributed by atoms with E-state index < -0.39 is 47.3 Å². The van der Waals surface area contributed by atoms with Crippen LogP contribution >= 0.6 is 46.4 Å². The molecule has 14 nitrogen and oxygen atoms in total. The molecule has 0 aliphatic heterocycles. The number of amides is 4. The van der Waals surface area contributed by atoms with Crippen LogP contribution in [0, 0.1) is 13.8 Å². The highest BCUT2D eigenvalue weighted by molar-refractivity contribution is 6.31. The van der Waals surface area contributed by atoms with Crippen LogP contribution in [0.4, 0.5) is 34.1 Å². The summed E-state index contributed by atoms with van der Waals surface area (Å²) in [5, 5.41) is 27.3. The first kappa shape index (κ1) is 46.7. The normalized spacial score (nSPS) is 12.1. The summed E-state index contributed by atoms with van der Waals surface area (Å²) in [6, 6.07) is 22.5. The van der Waals surface area contributed by atoms with Gasteiger partial charge in [0, 0.05) is 55.7 Å². The highest BCUT2D eigenvalue weighted by Gasteiger charge is 2.26. The first-order valence-electron chi connectivity index (χ1n) is 18.6. The topological polar surface area (TPSA) is 200 Å². The highest BCUT2D eigenvalue weighted by atomic mass is 35.5. The van der Waals surface area contributed by atoms with E-state index in [-0.39, 0.29) is 44.3 Å². The number of benzene rings is 5. The maximum atomic E-state index is 13.4. The molecule has 0 spiro atoms. The van der Waals surface area contributed by atoms with Crippen molar-refractivity contribution in [2.45, 2.75) is 51.5 Å². The molecular formula is C44H38Cl4N8O6. The minimum atomic E-state index is -1.57. The van der Waals surface area contributed by atoms with Crippen molar-refractivity contribution in [2.24, 2.45) is 20.5 Å². The van der Waals surface area contributed by atoms with E-state index in [2.05, 4.69) is 41.7 Å². The summed E-state index contributed by atoms with van der Waals surface area (Å²) in [7, 11) is 0. The van der Waals surface area contributed by atoms with Gasteiger partial charge in [0.15, 0.2) is 11.6 Å². The van der Waals surface area contributed by atoms with Crippen molar-refractivity contribution < 1.29 is 28.8 Å². The zero-order chi connectivity index (χ0) is 45.1. The van der Waals surface area contributed by atoms with Gasteiger partial charge in [0.25, 0.3) is 23.6 Å². The number of carbonyl (C=O) groups excluding carboxylic acids is 6. The van der Waals surface area contributed by atoms with Gasteiger partial charge in [-0.15, -0.1) is 23.2 Å². The van der Waals surface area contributed by atoms with E-state index in [9.17, 15) is 28.8 Å². The zero-order valence-electron chi connectivity index (χ0n) is 33.6. The molecule has 0 aliphatic rings. The number of hydrogen-bond acceptors (Lipinski definition) is 10. The van der Waals surface area contributed by atoms with E-state index in [0.717, 1.165) is 11.1 Å². The number of halogens is 4. The Morgan fingerprint density at radius 1 is 0.532 bits per heavy atom. The molecule has 4 N–H and O–H groups in total. The standard InChI is InChI=1S/C44H38Cl4N8O6/c1-23-11-38(52-44(62)40(26(4)58)56-54-36-18-30(16-32(48)20-36)42(60)50-34-10-6-8-28(14-34)22-46)24(2)12-37(23)51-43(61)39(25(3)57)55-53-35-17-29(15-31(47)19-35)41(59)49-33-9-5-7-27(13-33)21-45/h5-20,39-40H,21-22H2,1-4H3,(H,49,59)(H,50,60)(H,51,61)(H,52,62). The lowest BCUT2D eigenvalue weighted by Crippen LogP contribution is -2.32. The number of rotatable bonds is 16. The van der Waals surface area contributed by atoms with Crippen molar-refractivity contribution in [2.75, 3.05) is 21.3 Å². The molecule has 0 fully saturated rings. The van der Waals surface area contributed by atoms with Crippen LogP contribution < -0.4 is 21.3 Å². The number of anilines is 4. The fraction of sp³-hybridized carbons (Fsp3) is 0.182. The second-order valence-electron chi connectivity index (χ2n) is 13.9. The third-order valence-corrected chi connectivity index (χ3v) is 9.95. The molecule has 0 aliphatic carbocycles. The maximum Gasteiger partial charge on any atom is 0.258 e. The Morgan fingerprint density at radius 2 is 0.919 bits per heavy atom. The third kappa shape index (κ3) is 12.8. The number of Topliss-reactive ketones (excluding diaryl/α,β-unsaturated/α-hetero) is 2. The predicted octanol–water partition coefficient (Wildman–Crippen LogP) is 11.0. The lowest BCUT2D eigenvalue weighted by molar-refractivity contribution is -0.127. The molecule has 0 heterocycles. The van der Waals surface area contributed by atoms with Gasteiger partial charge in [-0.1, -0.05) is 47.5 Å². The Labute approximate surface area is 376 Å². The SMILES string of the molecule is CC(=O)C(N=Nc1cc(Cl)cc(C(=O)Nc2cccc(CCl)c2)c1)C(=O)Nc1cc(C)c(NC(=O)C(N=Nc2cc(Cl)cc(C(=O)Nc3cccc(CCl)c3)c2)C(C)=O)cc1C. The lowest BCUT2D eigenvalue weighted by Gasteiger charge is -2.16. The summed E-state index contributed by atoms with van der Waals surface area (Å²) in [6.45, 7) is 5.67. The summed E-state index contributed by atoms with van der Waals surface area (Å²) >= 11 is 24.4. The Hall–Kier alpha value is -6.32. The van der Waals surface area contributed by atoms with Crippen LogP contribution in [-0.4, -0.2) is 47.3 Å². The molecule has 4 amide bonds. The largest absolute Gasteiger partial charge is 0.324 e. The molecule has 5 aromatic carbocycles. The smallest absolute Gasteiger partial charge is 0.258 e. The number of ketones is 2. The average molecular weight is 917 g/mol. The van der Waals surface area contributed by atoms with Gasteiger partial charge < -0.3 is 21.3 Å². The first-order valence-corrected chi connectivity index (χ1v) is 20.4. The van der Waals surface area contributed by atoms with E-state index in [0.29, 0.717) is 33.9 Å². The molecule has 0 radical (unpaired) electrons. The first-order chi connectivity index (χ1) is 29.5. The van der Waals surface area contributed by atoms with Crippen LogP contribution in [0.15, 0.2) is 118 Å². The fourth-order valence-corrected chi connectivity index (χ4v) is 6.56. The van der Waals surface area contributed by atoms with Gasteiger partial charge in [0.1, 0.15) is 0 Å². The van der Waals surface area contributed by atoms with Gasteiger partial charge in [-0.2, -0.15) is 20.5 Å².